The third-order valence-corrected chi connectivity index (χ3v) is 4.19. The Labute approximate surface area is 118 Å². The quantitative estimate of drug-likeness (QED) is 0.835. The summed E-state index contributed by atoms with van der Waals surface area (Å²) in [6.45, 7) is 3.37. The van der Waals surface area contributed by atoms with Gasteiger partial charge >= 0.3 is 0 Å². The van der Waals surface area contributed by atoms with Crippen LogP contribution in [-0.2, 0) is 9.53 Å². The van der Waals surface area contributed by atoms with Crippen molar-refractivity contribution in [2.45, 2.75) is 38.4 Å². The highest BCUT2D eigenvalue weighted by molar-refractivity contribution is 7.07. The van der Waals surface area contributed by atoms with E-state index in [1.165, 1.54) is 5.56 Å². The van der Waals surface area contributed by atoms with Gasteiger partial charge in [0.05, 0.1) is 12.6 Å². The molecule has 5 heteroatoms. The number of carbonyl (C=O) groups is 1. The van der Waals surface area contributed by atoms with Crippen LogP contribution in [0.15, 0.2) is 16.8 Å². The Morgan fingerprint density at radius 1 is 1.53 bits per heavy atom. The van der Waals surface area contributed by atoms with Crippen molar-refractivity contribution in [3.63, 3.8) is 0 Å². The number of hydrogen-bond acceptors (Lipinski definition) is 4. The third-order valence-electron chi connectivity index (χ3n) is 3.49. The molecule has 1 aliphatic heterocycles. The zero-order valence-electron chi connectivity index (χ0n) is 11.6. The molecular formula is C14H22N2O2S. The Balaban J connectivity index is 2.08. The number of nitrogens with zero attached hydrogens (tertiary/aromatic N) is 1. The molecule has 2 unspecified atom stereocenters. The predicted molar refractivity (Wildman–Crippen MR) is 77.1 cm³/mol. The van der Waals surface area contributed by atoms with E-state index >= 15 is 0 Å². The van der Waals surface area contributed by atoms with Crippen molar-refractivity contribution in [2.24, 2.45) is 0 Å². The van der Waals surface area contributed by atoms with Crippen LogP contribution in [0, 0.1) is 0 Å². The number of methoxy groups -OCH3 is 1. The van der Waals surface area contributed by atoms with Crippen LogP contribution >= 0.6 is 11.3 Å². The zero-order valence-corrected chi connectivity index (χ0v) is 12.4. The number of nitrogens with one attached hydrogen (secondary N) is 1. The summed E-state index contributed by atoms with van der Waals surface area (Å²) >= 11 is 1.66. The van der Waals surface area contributed by atoms with Gasteiger partial charge in [-0.15, -0.1) is 0 Å². The van der Waals surface area contributed by atoms with E-state index in [4.69, 9.17) is 4.74 Å². The molecule has 0 aromatic carbocycles. The maximum absolute atomic E-state index is 12.4. The topological polar surface area (TPSA) is 41.6 Å². The largest absolute Gasteiger partial charge is 0.383 e. The molecular weight excluding hydrogens is 260 g/mol. The molecule has 1 amide bonds. The smallest absolute Gasteiger partial charge is 0.241 e. The second kappa shape index (κ2) is 7.03. The van der Waals surface area contributed by atoms with Crippen molar-refractivity contribution in [3.8, 4) is 0 Å². The first-order valence-electron chi connectivity index (χ1n) is 6.85. The minimum atomic E-state index is -0.0401. The van der Waals surface area contributed by atoms with E-state index in [2.05, 4.69) is 29.1 Å². The highest BCUT2D eigenvalue weighted by Crippen LogP contribution is 2.28. The van der Waals surface area contributed by atoms with E-state index < -0.39 is 0 Å². The first kappa shape index (κ1) is 14.5. The average molecular weight is 282 g/mol. The second-order valence-electron chi connectivity index (χ2n) is 4.85. The number of thiophene rings is 1. The molecule has 1 aromatic rings. The summed E-state index contributed by atoms with van der Waals surface area (Å²) in [7, 11) is 1.67. The Hall–Kier alpha value is -0.910. The lowest BCUT2D eigenvalue weighted by Crippen LogP contribution is -2.33. The molecule has 0 saturated carbocycles. The normalized spacial score (nSPS) is 23.3. The van der Waals surface area contributed by atoms with E-state index in [9.17, 15) is 4.79 Å². The van der Waals surface area contributed by atoms with Gasteiger partial charge in [-0.2, -0.15) is 11.3 Å². The summed E-state index contributed by atoms with van der Waals surface area (Å²) in [5, 5.41) is 7.62. The molecule has 0 spiro atoms. The van der Waals surface area contributed by atoms with Crippen LogP contribution in [0.2, 0.25) is 0 Å². The molecule has 2 atom stereocenters. The minimum absolute atomic E-state index is 0.00996. The van der Waals surface area contributed by atoms with Crippen LogP contribution in [0.25, 0.3) is 0 Å². The number of amides is 1. The average Bonchev–Trinajstić information content (AvgIpc) is 3.03. The van der Waals surface area contributed by atoms with Crippen LogP contribution in [0.3, 0.4) is 0 Å². The maximum Gasteiger partial charge on any atom is 0.241 e. The highest BCUT2D eigenvalue weighted by Gasteiger charge is 2.38. The molecule has 1 aliphatic rings. The molecule has 106 valence electrons. The van der Waals surface area contributed by atoms with E-state index in [1.54, 1.807) is 18.4 Å². The lowest BCUT2D eigenvalue weighted by Gasteiger charge is -2.23. The molecule has 4 nitrogen and oxygen atoms in total. The zero-order chi connectivity index (χ0) is 13.7. The molecule has 1 fully saturated rings. The van der Waals surface area contributed by atoms with E-state index in [1.807, 2.05) is 4.90 Å². The first-order valence-corrected chi connectivity index (χ1v) is 7.79. The number of carbonyl (C=O) groups excluding carboxylic acids is 1. The van der Waals surface area contributed by atoms with Gasteiger partial charge in [-0.3, -0.25) is 10.1 Å². The van der Waals surface area contributed by atoms with Crippen molar-refractivity contribution in [1.82, 2.24) is 10.2 Å². The summed E-state index contributed by atoms with van der Waals surface area (Å²) in [6.07, 6.45) is 3.13. The van der Waals surface area contributed by atoms with Crippen molar-refractivity contribution < 1.29 is 9.53 Å². The van der Waals surface area contributed by atoms with E-state index in [0.29, 0.717) is 13.2 Å². The van der Waals surface area contributed by atoms with Crippen molar-refractivity contribution in [2.75, 3.05) is 20.3 Å². The van der Waals surface area contributed by atoms with Crippen LogP contribution in [0.1, 0.15) is 37.9 Å². The predicted octanol–water partition coefficient (Wildman–Crippen LogP) is 2.38. The van der Waals surface area contributed by atoms with Gasteiger partial charge in [0.1, 0.15) is 6.17 Å². The maximum atomic E-state index is 12.4. The van der Waals surface area contributed by atoms with Crippen molar-refractivity contribution in [1.29, 1.82) is 0 Å². The van der Waals surface area contributed by atoms with Crippen molar-refractivity contribution in [3.05, 3.63) is 22.4 Å². The molecule has 1 saturated heterocycles. The SMILES string of the molecule is CCCCC1NC(c2ccsc2)N(CCOC)C1=O. The van der Waals surface area contributed by atoms with Gasteiger partial charge in [-0.05, 0) is 28.8 Å². The van der Waals surface area contributed by atoms with Gasteiger partial charge in [0.25, 0.3) is 0 Å². The fourth-order valence-corrected chi connectivity index (χ4v) is 3.11. The fourth-order valence-electron chi connectivity index (χ4n) is 2.43. The van der Waals surface area contributed by atoms with Crippen LogP contribution < -0.4 is 5.32 Å². The van der Waals surface area contributed by atoms with Gasteiger partial charge in [0.2, 0.25) is 5.91 Å². The first-order chi connectivity index (χ1) is 9.27. The van der Waals surface area contributed by atoms with Crippen LogP contribution in [0.4, 0.5) is 0 Å². The molecule has 2 heterocycles. The number of unbranched alkanes of at least 4 members (excludes halogenated alkanes) is 1. The standard InChI is InChI=1S/C14H22N2O2S/c1-3-4-5-12-14(17)16(7-8-18-2)13(15-12)11-6-9-19-10-11/h6,9-10,12-13,15H,3-5,7-8H2,1-2H3. The summed E-state index contributed by atoms with van der Waals surface area (Å²) < 4.78 is 5.12. The van der Waals surface area contributed by atoms with Crippen LogP contribution in [-0.4, -0.2) is 37.1 Å². The van der Waals surface area contributed by atoms with Crippen LogP contribution in [0.5, 0.6) is 0 Å². The third kappa shape index (κ3) is 3.35. The molecule has 0 bridgehead atoms. The Bertz CT molecular complexity index is 394. The summed E-state index contributed by atoms with van der Waals surface area (Å²) in [5.74, 6) is 0.210. The Morgan fingerprint density at radius 3 is 3.00 bits per heavy atom. The van der Waals surface area contributed by atoms with E-state index in [-0.39, 0.29) is 18.1 Å². The lowest BCUT2D eigenvalue weighted by molar-refractivity contribution is -0.130. The van der Waals surface area contributed by atoms with Gasteiger partial charge in [0, 0.05) is 13.7 Å². The van der Waals surface area contributed by atoms with Gasteiger partial charge in [-0.1, -0.05) is 19.8 Å². The van der Waals surface area contributed by atoms with Gasteiger partial charge in [-0.25, -0.2) is 0 Å². The lowest BCUT2D eigenvalue weighted by atomic mass is 10.1. The molecule has 1 aromatic heterocycles. The monoisotopic (exact) mass is 282 g/mol. The Morgan fingerprint density at radius 2 is 2.37 bits per heavy atom. The van der Waals surface area contributed by atoms with E-state index in [0.717, 1.165) is 19.3 Å². The fraction of sp³-hybridized carbons (Fsp3) is 0.643. The van der Waals surface area contributed by atoms with Crippen molar-refractivity contribution >= 4 is 17.2 Å². The summed E-state index contributed by atoms with van der Waals surface area (Å²) in [5.41, 5.74) is 1.17. The number of ether oxygens (including phenoxy) is 1. The summed E-state index contributed by atoms with van der Waals surface area (Å²) in [4.78, 5) is 14.3. The number of rotatable bonds is 7. The van der Waals surface area contributed by atoms with Gasteiger partial charge in [0.15, 0.2) is 0 Å². The molecule has 0 aliphatic carbocycles. The van der Waals surface area contributed by atoms with Gasteiger partial charge < -0.3 is 9.64 Å². The number of hydrogen-bond donors (Lipinski definition) is 1. The second-order valence-corrected chi connectivity index (χ2v) is 5.63. The molecule has 2 rings (SSSR count). The minimum Gasteiger partial charge on any atom is -0.383 e. The Kier molecular flexibility index (Phi) is 5.36. The molecule has 19 heavy (non-hydrogen) atoms. The highest BCUT2D eigenvalue weighted by atomic mass is 32.1. The summed E-state index contributed by atoms with van der Waals surface area (Å²) in [6, 6.07) is 2.04. The molecule has 0 radical (unpaired) electrons. The molecule has 1 N–H and O–H groups in total.